The van der Waals surface area contributed by atoms with Crippen molar-refractivity contribution in [1.82, 2.24) is 9.38 Å². The van der Waals surface area contributed by atoms with Gasteiger partial charge in [-0.05, 0) is 22.0 Å². The summed E-state index contributed by atoms with van der Waals surface area (Å²) in [5.74, 6) is -1.01. The number of rotatable bonds is 3. The highest BCUT2D eigenvalue weighted by Gasteiger charge is 2.09. The molecular weight excluding hydrogens is 336 g/mol. The summed E-state index contributed by atoms with van der Waals surface area (Å²) in [5.41, 5.74) is 0.895. The second kappa shape index (κ2) is 4.90. The van der Waals surface area contributed by atoms with E-state index >= 15 is 0 Å². The topological polar surface area (TPSA) is 29.3 Å². The first-order chi connectivity index (χ1) is 9.13. The van der Waals surface area contributed by atoms with Gasteiger partial charge in [0.2, 0.25) is 0 Å². The van der Waals surface area contributed by atoms with E-state index in [1.54, 1.807) is 0 Å². The monoisotopic (exact) mass is 343 g/mol. The van der Waals surface area contributed by atoms with Crippen LogP contribution in [0.3, 0.4) is 0 Å². The molecule has 0 spiro atoms. The number of halogens is 3. The minimum atomic E-state index is -0.505. The Labute approximate surface area is 120 Å². The third-order valence-corrected chi connectivity index (χ3v) is 3.99. The Balaban J connectivity index is 1.79. The number of thiazole rings is 1. The molecule has 0 radical (unpaired) electrons. The van der Waals surface area contributed by atoms with Crippen LogP contribution in [0.15, 0.2) is 34.4 Å². The molecule has 7 heteroatoms. The lowest BCUT2D eigenvalue weighted by Gasteiger charge is -2.06. The van der Waals surface area contributed by atoms with Gasteiger partial charge in [-0.3, -0.25) is 4.40 Å². The molecule has 0 aliphatic heterocycles. The smallest absolute Gasteiger partial charge is 0.193 e. The van der Waals surface area contributed by atoms with Gasteiger partial charge in [0.15, 0.2) is 4.96 Å². The van der Waals surface area contributed by atoms with Crippen LogP contribution in [0, 0.1) is 11.6 Å². The Morgan fingerprint density at radius 1 is 1.32 bits per heavy atom. The minimum Gasteiger partial charge on any atom is -0.377 e. The molecule has 3 aromatic rings. The molecule has 0 fully saturated rings. The van der Waals surface area contributed by atoms with E-state index in [0.717, 1.165) is 22.8 Å². The van der Waals surface area contributed by atoms with Crippen LogP contribution in [0.2, 0.25) is 0 Å². The summed E-state index contributed by atoms with van der Waals surface area (Å²) in [4.78, 5) is 5.23. The van der Waals surface area contributed by atoms with Crippen molar-refractivity contribution in [3.63, 3.8) is 0 Å². The summed E-state index contributed by atoms with van der Waals surface area (Å²) in [6, 6.07) is 2.22. The number of imidazole rings is 1. The Morgan fingerprint density at radius 2 is 2.16 bits per heavy atom. The van der Waals surface area contributed by atoms with Crippen molar-refractivity contribution in [3.8, 4) is 0 Å². The molecule has 98 valence electrons. The van der Waals surface area contributed by atoms with Crippen LogP contribution in [0.5, 0.6) is 0 Å². The van der Waals surface area contributed by atoms with E-state index in [1.807, 2.05) is 22.2 Å². The molecule has 2 aromatic heterocycles. The van der Waals surface area contributed by atoms with Crippen molar-refractivity contribution < 1.29 is 8.78 Å². The van der Waals surface area contributed by atoms with Crippen molar-refractivity contribution in [2.75, 3.05) is 5.32 Å². The molecule has 0 amide bonds. The van der Waals surface area contributed by atoms with Gasteiger partial charge in [-0.1, -0.05) is 0 Å². The van der Waals surface area contributed by atoms with E-state index < -0.39 is 11.6 Å². The quantitative estimate of drug-likeness (QED) is 0.727. The molecule has 19 heavy (non-hydrogen) atoms. The van der Waals surface area contributed by atoms with Crippen LogP contribution in [-0.2, 0) is 6.54 Å². The number of aromatic nitrogens is 2. The highest BCUT2D eigenvalue weighted by molar-refractivity contribution is 9.10. The normalized spacial score (nSPS) is 11.1. The summed E-state index contributed by atoms with van der Waals surface area (Å²) in [7, 11) is 0. The molecule has 3 rings (SSSR count). The van der Waals surface area contributed by atoms with Gasteiger partial charge in [-0.15, -0.1) is 11.3 Å². The zero-order valence-electron chi connectivity index (χ0n) is 9.53. The van der Waals surface area contributed by atoms with Gasteiger partial charge in [-0.2, -0.15) is 0 Å². The Hall–Kier alpha value is -1.47. The molecular formula is C12H8BrF2N3S. The van der Waals surface area contributed by atoms with Gasteiger partial charge in [0.05, 0.1) is 22.4 Å². The molecule has 0 atom stereocenters. The second-order valence-corrected chi connectivity index (χ2v) is 5.65. The van der Waals surface area contributed by atoms with Gasteiger partial charge in [0.25, 0.3) is 0 Å². The maximum absolute atomic E-state index is 13.6. The lowest BCUT2D eigenvalue weighted by molar-refractivity contribution is 0.596. The summed E-state index contributed by atoms with van der Waals surface area (Å²) < 4.78 is 28.9. The standard InChI is InChI=1S/C12H8BrF2N3S/c13-8-3-10(15)11(4-9(8)14)16-5-7-6-18-1-2-19-12(18)17-7/h1-4,6,16H,5H2. The maximum atomic E-state index is 13.6. The van der Waals surface area contributed by atoms with Crippen LogP contribution in [0.1, 0.15) is 5.69 Å². The van der Waals surface area contributed by atoms with Gasteiger partial charge in [-0.25, -0.2) is 13.8 Å². The second-order valence-electron chi connectivity index (χ2n) is 3.92. The number of nitrogens with zero attached hydrogens (tertiary/aromatic N) is 2. The fraction of sp³-hybridized carbons (Fsp3) is 0.0833. The number of fused-ring (bicyclic) bond motifs is 1. The molecule has 0 saturated heterocycles. The Kier molecular flexibility index (Phi) is 3.24. The van der Waals surface area contributed by atoms with E-state index in [0.29, 0.717) is 6.54 Å². The highest BCUT2D eigenvalue weighted by atomic mass is 79.9. The summed E-state index contributed by atoms with van der Waals surface area (Å²) in [5, 5.41) is 4.77. The van der Waals surface area contributed by atoms with Crippen LogP contribution in [-0.4, -0.2) is 9.38 Å². The maximum Gasteiger partial charge on any atom is 0.193 e. The van der Waals surface area contributed by atoms with Crippen LogP contribution in [0.25, 0.3) is 4.96 Å². The lowest BCUT2D eigenvalue weighted by atomic mass is 10.3. The zero-order valence-corrected chi connectivity index (χ0v) is 11.9. The average Bonchev–Trinajstić information content (AvgIpc) is 2.92. The van der Waals surface area contributed by atoms with E-state index in [1.165, 1.54) is 11.3 Å². The van der Waals surface area contributed by atoms with Crippen molar-refractivity contribution in [3.05, 3.63) is 51.7 Å². The van der Waals surface area contributed by atoms with E-state index in [4.69, 9.17) is 0 Å². The van der Waals surface area contributed by atoms with E-state index in [2.05, 4.69) is 26.2 Å². The zero-order chi connectivity index (χ0) is 13.4. The number of nitrogens with one attached hydrogen (secondary N) is 1. The first kappa shape index (κ1) is 12.6. The summed E-state index contributed by atoms with van der Waals surface area (Å²) in [6.07, 6.45) is 3.75. The number of hydrogen-bond donors (Lipinski definition) is 1. The van der Waals surface area contributed by atoms with E-state index in [-0.39, 0.29) is 10.2 Å². The van der Waals surface area contributed by atoms with Crippen molar-refractivity contribution >= 4 is 37.9 Å². The van der Waals surface area contributed by atoms with E-state index in [9.17, 15) is 8.78 Å². The molecule has 1 aromatic carbocycles. The molecule has 0 unspecified atom stereocenters. The fourth-order valence-electron chi connectivity index (χ4n) is 1.71. The minimum absolute atomic E-state index is 0.109. The lowest BCUT2D eigenvalue weighted by Crippen LogP contribution is -2.02. The van der Waals surface area contributed by atoms with Crippen molar-refractivity contribution in [2.24, 2.45) is 0 Å². The first-order valence-electron chi connectivity index (χ1n) is 5.43. The SMILES string of the molecule is Fc1cc(NCc2cn3ccsc3n2)c(F)cc1Br. The third kappa shape index (κ3) is 2.48. The number of benzene rings is 1. The van der Waals surface area contributed by atoms with Crippen molar-refractivity contribution in [2.45, 2.75) is 6.54 Å². The van der Waals surface area contributed by atoms with Crippen LogP contribution in [0.4, 0.5) is 14.5 Å². The van der Waals surface area contributed by atoms with Crippen LogP contribution < -0.4 is 5.32 Å². The fourth-order valence-corrected chi connectivity index (χ4v) is 2.74. The molecule has 0 saturated carbocycles. The molecule has 2 heterocycles. The van der Waals surface area contributed by atoms with Gasteiger partial charge >= 0.3 is 0 Å². The first-order valence-corrected chi connectivity index (χ1v) is 7.10. The molecule has 0 aliphatic carbocycles. The average molecular weight is 344 g/mol. The molecule has 1 N–H and O–H groups in total. The Morgan fingerprint density at radius 3 is 2.95 bits per heavy atom. The highest BCUT2D eigenvalue weighted by Crippen LogP contribution is 2.23. The van der Waals surface area contributed by atoms with Crippen LogP contribution >= 0.6 is 27.3 Å². The summed E-state index contributed by atoms with van der Waals surface area (Å²) >= 11 is 4.46. The Bertz CT molecular complexity index is 709. The molecule has 0 aliphatic rings. The predicted octanol–water partition coefficient (Wildman–Crippen LogP) is 4.05. The van der Waals surface area contributed by atoms with Gasteiger partial charge in [0, 0.05) is 23.8 Å². The number of hydrogen-bond acceptors (Lipinski definition) is 3. The predicted molar refractivity (Wildman–Crippen MR) is 74.5 cm³/mol. The van der Waals surface area contributed by atoms with Gasteiger partial charge < -0.3 is 5.32 Å². The summed E-state index contributed by atoms with van der Waals surface area (Å²) in [6.45, 7) is 0.340. The molecule has 0 bridgehead atoms. The van der Waals surface area contributed by atoms with Crippen molar-refractivity contribution in [1.29, 1.82) is 0 Å². The largest absolute Gasteiger partial charge is 0.377 e. The van der Waals surface area contributed by atoms with Gasteiger partial charge in [0.1, 0.15) is 11.6 Å². The molecule has 3 nitrogen and oxygen atoms in total. The third-order valence-electron chi connectivity index (χ3n) is 2.61. The number of anilines is 1.